The van der Waals surface area contributed by atoms with Crippen LogP contribution in [0.15, 0.2) is 30.3 Å². The van der Waals surface area contributed by atoms with Gasteiger partial charge in [-0.15, -0.1) is 0 Å². The lowest BCUT2D eigenvalue weighted by molar-refractivity contribution is -1.06. The first kappa shape index (κ1) is 14.2. The highest BCUT2D eigenvalue weighted by Crippen LogP contribution is 2.13. The normalized spacial score (nSPS) is 12.6. The number of rotatable bonds is 6. The van der Waals surface area contributed by atoms with Gasteiger partial charge in [0.05, 0.1) is 5.75 Å². The SMILES string of the molecule is CCCS(=O)(=O)O[N+](C)(C)Cc1ccccc1. The molecule has 1 rings (SSSR count). The lowest BCUT2D eigenvalue weighted by Crippen LogP contribution is -2.41. The summed E-state index contributed by atoms with van der Waals surface area (Å²) in [5.74, 6) is 0.0590. The molecule has 0 N–H and O–H groups in total. The molecule has 0 heterocycles. The molecular formula is C12H20NO3S+. The Morgan fingerprint density at radius 2 is 1.76 bits per heavy atom. The minimum atomic E-state index is -3.44. The van der Waals surface area contributed by atoms with E-state index >= 15 is 0 Å². The third-order valence-electron chi connectivity index (χ3n) is 2.18. The van der Waals surface area contributed by atoms with Crippen LogP contribution in [0.25, 0.3) is 0 Å². The zero-order chi connectivity index (χ0) is 12.9. The number of nitrogens with zero attached hydrogens (tertiary/aromatic N) is 1. The molecule has 0 fully saturated rings. The maximum Gasteiger partial charge on any atom is 0.314 e. The summed E-state index contributed by atoms with van der Waals surface area (Å²) in [6.45, 7) is 2.34. The van der Waals surface area contributed by atoms with Crippen molar-refractivity contribution in [3.8, 4) is 0 Å². The summed E-state index contributed by atoms with van der Waals surface area (Å²) in [6, 6.07) is 9.69. The Morgan fingerprint density at radius 3 is 2.29 bits per heavy atom. The first-order chi connectivity index (χ1) is 7.85. The van der Waals surface area contributed by atoms with Gasteiger partial charge < -0.3 is 0 Å². The molecule has 0 unspecified atom stereocenters. The molecule has 0 bridgehead atoms. The minimum absolute atomic E-state index is 0.0215. The van der Waals surface area contributed by atoms with Gasteiger partial charge in [0.15, 0.2) is 0 Å². The smallest absolute Gasteiger partial charge is 0.194 e. The lowest BCUT2D eigenvalue weighted by atomic mass is 10.2. The Kier molecular flexibility index (Phi) is 4.68. The zero-order valence-corrected chi connectivity index (χ0v) is 11.4. The number of benzene rings is 1. The van der Waals surface area contributed by atoms with E-state index in [2.05, 4.69) is 0 Å². The molecule has 96 valence electrons. The number of hydrogen-bond donors (Lipinski definition) is 0. The first-order valence-electron chi connectivity index (χ1n) is 5.65. The quantitative estimate of drug-likeness (QED) is 0.578. The Balaban J connectivity index is 2.70. The lowest BCUT2D eigenvalue weighted by Gasteiger charge is -2.25. The summed E-state index contributed by atoms with van der Waals surface area (Å²) in [5, 5.41) is 0. The van der Waals surface area contributed by atoms with Crippen LogP contribution in [-0.2, 0) is 20.9 Å². The standard InChI is InChI=1S/C12H20NO3S/c1-4-10-17(14,15)16-13(2,3)11-12-8-6-5-7-9-12/h5-9H,4,10-11H2,1-3H3/q+1. The van der Waals surface area contributed by atoms with Crippen LogP contribution >= 0.6 is 0 Å². The molecule has 0 radical (unpaired) electrons. The van der Waals surface area contributed by atoms with Gasteiger partial charge in [0.25, 0.3) is 0 Å². The molecule has 1 aromatic rings. The van der Waals surface area contributed by atoms with Crippen LogP contribution in [-0.4, -0.2) is 32.9 Å². The highest BCUT2D eigenvalue weighted by atomic mass is 32.2. The van der Waals surface area contributed by atoms with Gasteiger partial charge in [-0.25, -0.2) is 0 Å². The largest absolute Gasteiger partial charge is 0.314 e. The van der Waals surface area contributed by atoms with Crippen molar-refractivity contribution in [3.63, 3.8) is 0 Å². The second kappa shape index (κ2) is 5.62. The van der Waals surface area contributed by atoms with E-state index in [0.717, 1.165) is 5.56 Å². The van der Waals surface area contributed by atoms with E-state index < -0.39 is 10.1 Å². The van der Waals surface area contributed by atoms with Crippen molar-refractivity contribution in [1.82, 2.24) is 0 Å². The molecule has 0 amide bonds. The first-order valence-corrected chi connectivity index (χ1v) is 7.23. The maximum atomic E-state index is 11.6. The summed E-state index contributed by atoms with van der Waals surface area (Å²) in [7, 11) is 0.0354. The highest BCUT2D eigenvalue weighted by Gasteiger charge is 2.26. The van der Waals surface area contributed by atoms with E-state index in [1.54, 1.807) is 14.1 Å². The van der Waals surface area contributed by atoms with Crippen molar-refractivity contribution in [2.45, 2.75) is 19.9 Å². The second-order valence-corrected chi connectivity index (χ2v) is 6.23. The van der Waals surface area contributed by atoms with E-state index in [1.165, 1.54) is 0 Å². The monoisotopic (exact) mass is 258 g/mol. The predicted molar refractivity (Wildman–Crippen MR) is 67.4 cm³/mol. The van der Waals surface area contributed by atoms with Crippen LogP contribution < -0.4 is 0 Å². The van der Waals surface area contributed by atoms with Crippen LogP contribution in [0.1, 0.15) is 18.9 Å². The Morgan fingerprint density at radius 1 is 1.18 bits per heavy atom. The molecule has 0 aliphatic rings. The van der Waals surface area contributed by atoms with Crippen molar-refractivity contribution in [2.75, 3.05) is 19.8 Å². The average molecular weight is 258 g/mol. The molecule has 1 aromatic carbocycles. The summed E-state index contributed by atoms with van der Waals surface area (Å²) < 4.78 is 28.4. The van der Waals surface area contributed by atoms with Crippen molar-refractivity contribution in [2.24, 2.45) is 0 Å². The molecule has 0 aliphatic heterocycles. The van der Waals surface area contributed by atoms with Crippen LogP contribution in [0.4, 0.5) is 0 Å². The summed E-state index contributed by atoms with van der Waals surface area (Å²) >= 11 is 0. The van der Waals surface area contributed by atoms with Crippen molar-refractivity contribution < 1.29 is 17.3 Å². The molecule has 5 heteroatoms. The number of hydrogen-bond acceptors (Lipinski definition) is 3. The maximum absolute atomic E-state index is 11.6. The fourth-order valence-electron chi connectivity index (χ4n) is 1.64. The molecule has 0 saturated carbocycles. The number of hydroxylamine groups is 3. The third-order valence-corrected chi connectivity index (χ3v) is 3.71. The van der Waals surface area contributed by atoms with Gasteiger partial charge in [0.1, 0.15) is 20.6 Å². The average Bonchev–Trinajstić information content (AvgIpc) is 2.15. The fourth-order valence-corrected chi connectivity index (χ4v) is 2.89. The molecule has 0 atom stereocenters. The van der Waals surface area contributed by atoms with Crippen LogP contribution in [0.2, 0.25) is 0 Å². The summed E-state index contributed by atoms with van der Waals surface area (Å²) in [4.78, 5) is 0. The molecule has 4 nitrogen and oxygen atoms in total. The number of quaternary nitrogens is 1. The van der Waals surface area contributed by atoms with Gasteiger partial charge in [-0.1, -0.05) is 41.5 Å². The Bertz CT molecular complexity index is 440. The summed E-state index contributed by atoms with van der Waals surface area (Å²) in [6.07, 6.45) is 0.563. The summed E-state index contributed by atoms with van der Waals surface area (Å²) in [5.41, 5.74) is 1.05. The fraction of sp³-hybridized carbons (Fsp3) is 0.500. The topological polar surface area (TPSA) is 43.4 Å². The van der Waals surface area contributed by atoms with Gasteiger partial charge in [-0.05, 0) is 6.42 Å². The van der Waals surface area contributed by atoms with Gasteiger partial charge >= 0.3 is 10.1 Å². The van der Waals surface area contributed by atoms with Crippen LogP contribution in [0.5, 0.6) is 0 Å². The van der Waals surface area contributed by atoms with Crippen molar-refractivity contribution in [1.29, 1.82) is 0 Å². The van der Waals surface area contributed by atoms with Gasteiger partial charge in [-0.2, -0.15) is 13.1 Å². The minimum Gasteiger partial charge on any atom is -0.194 e. The van der Waals surface area contributed by atoms with Crippen molar-refractivity contribution in [3.05, 3.63) is 35.9 Å². The second-order valence-electron chi connectivity index (χ2n) is 4.55. The van der Waals surface area contributed by atoms with Gasteiger partial charge in [0.2, 0.25) is 0 Å². The van der Waals surface area contributed by atoms with Crippen LogP contribution in [0, 0.1) is 0 Å². The van der Waals surface area contributed by atoms with E-state index in [4.69, 9.17) is 4.28 Å². The van der Waals surface area contributed by atoms with Crippen molar-refractivity contribution >= 4 is 10.1 Å². The molecule has 0 spiro atoms. The van der Waals surface area contributed by atoms with E-state index in [9.17, 15) is 8.42 Å². The Labute approximate surface area is 103 Å². The van der Waals surface area contributed by atoms with Crippen LogP contribution in [0.3, 0.4) is 0 Å². The van der Waals surface area contributed by atoms with E-state index in [-0.39, 0.29) is 10.4 Å². The molecule has 0 aliphatic carbocycles. The van der Waals surface area contributed by atoms with E-state index in [0.29, 0.717) is 13.0 Å². The highest BCUT2D eigenvalue weighted by molar-refractivity contribution is 7.86. The predicted octanol–water partition coefficient (Wildman–Crippen LogP) is 1.93. The Hall–Kier alpha value is -0.910. The molecule has 0 aromatic heterocycles. The molecule has 17 heavy (non-hydrogen) atoms. The molecular weight excluding hydrogens is 238 g/mol. The zero-order valence-electron chi connectivity index (χ0n) is 10.6. The van der Waals surface area contributed by atoms with Gasteiger partial charge in [0, 0.05) is 5.56 Å². The van der Waals surface area contributed by atoms with E-state index in [1.807, 2.05) is 37.3 Å². The van der Waals surface area contributed by atoms with Gasteiger partial charge in [-0.3, -0.25) is 0 Å². The third kappa shape index (κ3) is 5.30. The molecule has 0 saturated heterocycles.